The van der Waals surface area contributed by atoms with Crippen molar-refractivity contribution in [2.45, 2.75) is 78.1 Å². The molecule has 0 radical (unpaired) electrons. The van der Waals surface area contributed by atoms with Crippen LogP contribution in [0.25, 0.3) is 0 Å². The van der Waals surface area contributed by atoms with Gasteiger partial charge in [0.15, 0.2) is 0 Å². The first-order valence-electron chi connectivity index (χ1n) is 9.64. The average molecular weight is 304 g/mol. The zero-order chi connectivity index (χ0) is 15.7. The Labute approximate surface area is 135 Å². The standard InChI is InChI=1S/C20H32O2/c1-13-10-14(2)12-16(11-13)19(21)20(22)18-9-5-7-15-6-3-4-8-17(15)18/h13-18H,3-12H2,1-2H3. The third-order valence-electron chi connectivity index (χ3n) is 6.70. The molecule has 124 valence electrons. The van der Waals surface area contributed by atoms with Gasteiger partial charge in [0.2, 0.25) is 11.6 Å². The second-order valence-electron chi connectivity index (χ2n) is 8.59. The van der Waals surface area contributed by atoms with E-state index < -0.39 is 0 Å². The summed E-state index contributed by atoms with van der Waals surface area (Å²) in [7, 11) is 0. The van der Waals surface area contributed by atoms with Gasteiger partial charge in [-0.15, -0.1) is 0 Å². The van der Waals surface area contributed by atoms with Crippen LogP contribution < -0.4 is 0 Å². The summed E-state index contributed by atoms with van der Waals surface area (Å²) in [6, 6.07) is 0. The lowest BCUT2D eigenvalue weighted by Gasteiger charge is -2.41. The molecule has 2 nitrogen and oxygen atoms in total. The maximum atomic E-state index is 12.9. The van der Waals surface area contributed by atoms with Crippen LogP contribution in [0.3, 0.4) is 0 Å². The number of carbonyl (C=O) groups excluding carboxylic acids is 2. The van der Waals surface area contributed by atoms with Crippen LogP contribution in [0.1, 0.15) is 78.1 Å². The second-order valence-corrected chi connectivity index (χ2v) is 8.59. The van der Waals surface area contributed by atoms with Crippen molar-refractivity contribution in [3.8, 4) is 0 Å². The minimum atomic E-state index is -0.00498. The van der Waals surface area contributed by atoms with Crippen molar-refractivity contribution < 1.29 is 9.59 Å². The molecule has 0 N–H and O–H groups in total. The lowest BCUT2D eigenvalue weighted by Crippen LogP contribution is -2.41. The van der Waals surface area contributed by atoms with Crippen LogP contribution in [0.4, 0.5) is 0 Å². The molecule has 0 saturated heterocycles. The summed E-state index contributed by atoms with van der Waals surface area (Å²) in [5, 5.41) is 0. The normalized spacial score (nSPS) is 42.5. The molecule has 0 bridgehead atoms. The minimum Gasteiger partial charge on any atom is -0.291 e. The molecule has 22 heavy (non-hydrogen) atoms. The van der Waals surface area contributed by atoms with Gasteiger partial charge in [-0.3, -0.25) is 9.59 Å². The predicted octanol–water partition coefficient (Wildman–Crippen LogP) is 4.80. The van der Waals surface area contributed by atoms with Gasteiger partial charge in [0.1, 0.15) is 0 Å². The summed E-state index contributed by atoms with van der Waals surface area (Å²) in [5.74, 6) is 2.55. The molecule has 5 atom stereocenters. The van der Waals surface area contributed by atoms with Crippen LogP contribution in [0.15, 0.2) is 0 Å². The number of ketones is 2. The van der Waals surface area contributed by atoms with Crippen LogP contribution in [-0.2, 0) is 9.59 Å². The van der Waals surface area contributed by atoms with Gasteiger partial charge in [0.05, 0.1) is 0 Å². The Morgan fingerprint density at radius 3 is 2.09 bits per heavy atom. The van der Waals surface area contributed by atoms with Crippen LogP contribution >= 0.6 is 0 Å². The first-order chi connectivity index (χ1) is 10.6. The fourth-order valence-electron chi connectivity index (χ4n) is 5.81. The summed E-state index contributed by atoms with van der Waals surface area (Å²) in [4.78, 5) is 25.7. The molecule has 0 spiro atoms. The van der Waals surface area contributed by atoms with Crippen molar-refractivity contribution in [2.24, 2.45) is 35.5 Å². The fourth-order valence-corrected chi connectivity index (χ4v) is 5.81. The maximum absolute atomic E-state index is 12.9. The van der Waals surface area contributed by atoms with E-state index in [1.807, 2.05) is 0 Å². The highest BCUT2D eigenvalue weighted by molar-refractivity contribution is 6.38. The summed E-state index contributed by atoms with van der Waals surface area (Å²) in [6.45, 7) is 4.47. The summed E-state index contributed by atoms with van der Waals surface area (Å²) in [6.07, 6.45) is 11.6. The molecule has 0 aromatic heterocycles. The first kappa shape index (κ1) is 16.2. The first-order valence-corrected chi connectivity index (χ1v) is 9.64. The highest BCUT2D eigenvalue weighted by atomic mass is 16.2. The fraction of sp³-hybridized carbons (Fsp3) is 0.900. The van der Waals surface area contributed by atoms with E-state index in [-0.39, 0.29) is 23.4 Å². The molecular formula is C20H32O2. The summed E-state index contributed by atoms with van der Waals surface area (Å²) >= 11 is 0. The Morgan fingerprint density at radius 1 is 0.727 bits per heavy atom. The van der Waals surface area contributed by atoms with E-state index in [4.69, 9.17) is 0 Å². The lowest BCUT2D eigenvalue weighted by atomic mass is 9.63. The van der Waals surface area contributed by atoms with E-state index in [1.165, 1.54) is 38.5 Å². The van der Waals surface area contributed by atoms with Crippen molar-refractivity contribution in [1.82, 2.24) is 0 Å². The molecule has 0 heterocycles. The topological polar surface area (TPSA) is 34.1 Å². The quantitative estimate of drug-likeness (QED) is 0.702. The number of carbonyl (C=O) groups is 2. The second kappa shape index (κ2) is 6.84. The van der Waals surface area contributed by atoms with Gasteiger partial charge in [-0.05, 0) is 55.8 Å². The smallest absolute Gasteiger partial charge is 0.202 e. The Bertz CT molecular complexity index is 415. The van der Waals surface area contributed by atoms with Crippen LogP contribution in [0, 0.1) is 35.5 Å². The van der Waals surface area contributed by atoms with Crippen molar-refractivity contribution in [2.75, 3.05) is 0 Å². The Kier molecular flexibility index (Phi) is 5.04. The van der Waals surface area contributed by atoms with E-state index in [9.17, 15) is 9.59 Å². The van der Waals surface area contributed by atoms with Gasteiger partial charge in [0, 0.05) is 11.8 Å². The SMILES string of the molecule is CC1CC(C)CC(C(=O)C(=O)C2CCCC3CCCCC32)C1. The third-order valence-corrected chi connectivity index (χ3v) is 6.70. The van der Waals surface area contributed by atoms with Crippen LogP contribution in [0.2, 0.25) is 0 Å². The van der Waals surface area contributed by atoms with Crippen molar-refractivity contribution in [3.05, 3.63) is 0 Å². The monoisotopic (exact) mass is 304 g/mol. The number of Topliss-reactive ketones (excluding diaryl/α,β-unsaturated/α-hetero) is 2. The highest BCUT2D eigenvalue weighted by Gasteiger charge is 2.42. The van der Waals surface area contributed by atoms with Gasteiger partial charge < -0.3 is 0 Å². The number of rotatable bonds is 3. The largest absolute Gasteiger partial charge is 0.291 e. The molecule has 2 heteroatoms. The Balaban J connectivity index is 1.68. The maximum Gasteiger partial charge on any atom is 0.202 e. The predicted molar refractivity (Wildman–Crippen MR) is 88.5 cm³/mol. The van der Waals surface area contributed by atoms with Crippen molar-refractivity contribution in [3.63, 3.8) is 0 Å². The molecule has 3 fully saturated rings. The van der Waals surface area contributed by atoms with E-state index in [1.54, 1.807) is 0 Å². The van der Waals surface area contributed by atoms with Gasteiger partial charge in [-0.1, -0.05) is 46.0 Å². The van der Waals surface area contributed by atoms with E-state index in [2.05, 4.69) is 13.8 Å². The van der Waals surface area contributed by atoms with Gasteiger partial charge in [0.25, 0.3) is 0 Å². The molecule has 0 aromatic carbocycles. The zero-order valence-electron chi connectivity index (χ0n) is 14.4. The molecular weight excluding hydrogens is 272 g/mol. The van der Waals surface area contributed by atoms with Gasteiger partial charge in [-0.25, -0.2) is 0 Å². The van der Waals surface area contributed by atoms with Crippen molar-refractivity contribution >= 4 is 11.6 Å². The van der Waals surface area contributed by atoms with Crippen molar-refractivity contribution in [1.29, 1.82) is 0 Å². The molecule has 0 aliphatic heterocycles. The van der Waals surface area contributed by atoms with E-state index >= 15 is 0 Å². The Hall–Kier alpha value is -0.660. The highest BCUT2D eigenvalue weighted by Crippen LogP contribution is 2.45. The number of hydrogen-bond acceptors (Lipinski definition) is 2. The average Bonchev–Trinajstić information content (AvgIpc) is 2.52. The lowest BCUT2D eigenvalue weighted by molar-refractivity contribution is -0.145. The zero-order valence-corrected chi connectivity index (χ0v) is 14.4. The molecule has 3 aliphatic carbocycles. The molecule has 0 aromatic rings. The minimum absolute atomic E-state index is 0.00498. The van der Waals surface area contributed by atoms with Gasteiger partial charge in [-0.2, -0.15) is 0 Å². The molecule has 3 aliphatic rings. The molecule has 3 saturated carbocycles. The van der Waals surface area contributed by atoms with Crippen LogP contribution in [-0.4, -0.2) is 11.6 Å². The molecule has 5 unspecified atom stereocenters. The van der Waals surface area contributed by atoms with E-state index in [0.717, 1.165) is 31.6 Å². The number of fused-ring (bicyclic) bond motifs is 1. The number of hydrogen-bond donors (Lipinski definition) is 0. The van der Waals surface area contributed by atoms with E-state index in [0.29, 0.717) is 17.8 Å². The molecule has 3 rings (SSSR count). The summed E-state index contributed by atoms with van der Waals surface area (Å²) in [5.41, 5.74) is 0. The van der Waals surface area contributed by atoms with Gasteiger partial charge >= 0.3 is 0 Å². The van der Waals surface area contributed by atoms with Crippen LogP contribution in [0.5, 0.6) is 0 Å². The Morgan fingerprint density at radius 2 is 1.36 bits per heavy atom. The third kappa shape index (κ3) is 3.31. The molecule has 0 amide bonds. The summed E-state index contributed by atoms with van der Waals surface area (Å²) < 4.78 is 0.